The summed E-state index contributed by atoms with van der Waals surface area (Å²) in [7, 11) is 1.74. The van der Waals surface area contributed by atoms with Crippen LogP contribution < -0.4 is 5.32 Å². The van der Waals surface area contributed by atoms with Crippen molar-refractivity contribution in [1.82, 2.24) is 15.1 Å². The highest BCUT2D eigenvalue weighted by Crippen LogP contribution is 2.28. The number of rotatable bonds is 8. The van der Waals surface area contributed by atoms with Gasteiger partial charge in [-0.05, 0) is 65.3 Å². The van der Waals surface area contributed by atoms with Crippen LogP contribution in [0.5, 0.6) is 0 Å². The minimum Gasteiger partial charge on any atom is -0.463 e. The molecule has 1 heterocycles. The molecule has 0 spiro atoms. The van der Waals surface area contributed by atoms with E-state index in [1.807, 2.05) is 34.6 Å². The molecule has 0 aliphatic carbocycles. The number of ether oxygens (including phenoxy) is 1. The van der Waals surface area contributed by atoms with E-state index in [4.69, 9.17) is 4.74 Å². The first-order valence-corrected chi connectivity index (χ1v) is 12.7. The second kappa shape index (κ2) is 12.2. The van der Waals surface area contributed by atoms with Crippen LogP contribution in [-0.2, 0) is 19.1 Å². The molecule has 0 aromatic carbocycles. The largest absolute Gasteiger partial charge is 0.463 e. The second-order valence-electron chi connectivity index (χ2n) is 11.9. The molecule has 1 saturated heterocycles. The fraction of sp³-hybridized carbons (Fsp3) is 0.815. The Morgan fingerprint density at radius 2 is 1.71 bits per heavy atom. The van der Waals surface area contributed by atoms with Gasteiger partial charge in [-0.1, -0.05) is 47.1 Å². The predicted molar refractivity (Wildman–Crippen MR) is 137 cm³/mol. The van der Waals surface area contributed by atoms with Gasteiger partial charge < -0.3 is 15.0 Å². The predicted octanol–water partition coefficient (Wildman–Crippen LogP) is 4.16. The molecule has 196 valence electrons. The van der Waals surface area contributed by atoms with Gasteiger partial charge in [0.1, 0.15) is 6.04 Å². The Morgan fingerprint density at radius 3 is 2.18 bits per heavy atom. The molecule has 1 unspecified atom stereocenters. The highest BCUT2D eigenvalue weighted by Gasteiger charge is 2.41. The van der Waals surface area contributed by atoms with Gasteiger partial charge in [0.25, 0.3) is 0 Å². The molecule has 7 heteroatoms. The average molecular weight is 480 g/mol. The summed E-state index contributed by atoms with van der Waals surface area (Å²) >= 11 is 0. The van der Waals surface area contributed by atoms with Crippen molar-refractivity contribution in [2.45, 2.75) is 112 Å². The summed E-state index contributed by atoms with van der Waals surface area (Å²) in [6.07, 6.45) is 4.67. The Balaban J connectivity index is 3.19. The normalized spacial score (nSPS) is 20.0. The molecule has 1 aliphatic rings. The highest BCUT2D eigenvalue weighted by molar-refractivity contribution is 5.91. The zero-order chi connectivity index (χ0) is 26.4. The minimum absolute atomic E-state index is 0.0735. The summed E-state index contributed by atoms with van der Waals surface area (Å²) in [4.78, 5) is 43.3. The van der Waals surface area contributed by atoms with Crippen LogP contribution in [0.2, 0.25) is 0 Å². The molecule has 1 fully saturated rings. The number of hydrogen-bond acceptors (Lipinski definition) is 5. The fourth-order valence-electron chi connectivity index (χ4n) is 4.57. The molecule has 1 rings (SSSR count). The number of carbonyl (C=O) groups excluding carboxylic acids is 3. The Morgan fingerprint density at radius 1 is 1.12 bits per heavy atom. The number of piperidine rings is 1. The van der Waals surface area contributed by atoms with Crippen LogP contribution >= 0.6 is 0 Å². The van der Waals surface area contributed by atoms with E-state index in [1.165, 1.54) is 0 Å². The van der Waals surface area contributed by atoms with Crippen molar-refractivity contribution in [2.24, 2.45) is 11.3 Å². The number of amides is 2. The summed E-state index contributed by atoms with van der Waals surface area (Å²) in [6.45, 7) is 21.0. The van der Waals surface area contributed by atoms with Crippen LogP contribution in [0, 0.1) is 11.3 Å². The number of likely N-dealkylation sites (tertiary alicyclic amines) is 1. The van der Waals surface area contributed by atoms with Crippen molar-refractivity contribution >= 4 is 17.8 Å². The summed E-state index contributed by atoms with van der Waals surface area (Å²) < 4.78 is 5.11. The second-order valence-corrected chi connectivity index (χ2v) is 11.9. The number of esters is 1. The lowest BCUT2D eigenvalue weighted by Gasteiger charge is -2.45. The van der Waals surface area contributed by atoms with Crippen molar-refractivity contribution in [3.63, 3.8) is 0 Å². The molecule has 0 aromatic heterocycles. The maximum Gasteiger partial charge on any atom is 0.333 e. The maximum atomic E-state index is 13.8. The molecule has 0 radical (unpaired) electrons. The first-order chi connectivity index (χ1) is 15.5. The third-order valence-corrected chi connectivity index (χ3v) is 6.56. The smallest absolute Gasteiger partial charge is 0.333 e. The standard InChI is InChI=1S/C27H49N3O4/c1-12-34-25(33)19(4)17-21(18(2)3)29(11)24(32)22(26(5,6)7)28-23(31)20-15-13-14-16-30(20)27(8,9)10/h17-18,20-22H,12-16H2,1-11H3,(H,28,31)/t20?,21-,22-/m0/s1. The monoisotopic (exact) mass is 479 g/mol. The average Bonchev–Trinajstić information content (AvgIpc) is 2.72. The third-order valence-electron chi connectivity index (χ3n) is 6.56. The zero-order valence-corrected chi connectivity index (χ0v) is 23.4. The van der Waals surface area contributed by atoms with Crippen LogP contribution in [0.1, 0.15) is 88.5 Å². The molecular formula is C27H49N3O4. The molecule has 0 saturated carbocycles. The Bertz CT molecular complexity index is 746. The minimum atomic E-state index is -0.689. The molecule has 0 bridgehead atoms. The van der Waals surface area contributed by atoms with E-state index < -0.39 is 11.5 Å². The molecule has 7 nitrogen and oxygen atoms in total. The number of nitrogens with zero attached hydrogens (tertiary/aromatic N) is 2. The van der Waals surface area contributed by atoms with Gasteiger partial charge in [-0.2, -0.15) is 0 Å². The number of hydrogen-bond donors (Lipinski definition) is 1. The van der Waals surface area contributed by atoms with Gasteiger partial charge in [-0.15, -0.1) is 0 Å². The number of likely N-dealkylation sites (N-methyl/N-ethyl adjacent to an activating group) is 1. The van der Waals surface area contributed by atoms with Gasteiger partial charge >= 0.3 is 5.97 Å². The quantitative estimate of drug-likeness (QED) is 0.418. The summed E-state index contributed by atoms with van der Waals surface area (Å²) in [5, 5.41) is 3.12. The lowest BCUT2D eigenvalue weighted by Crippen LogP contribution is -2.62. The topological polar surface area (TPSA) is 79.0 Å². The van der Waals surface area contributed by atoms with Crippen LogP contribution in [0.4, 0.5) is 0 Å². The van der Waals surface area contributed by atoms with Crippen molar-refractivity contribution < 1.29 is 19.1 Å². The SMILES string of the molecule is CCOC(=O)C(C)=C[C@@H](C(C)C)N(C)C(=O)[C@H](NC(=O)C1CCCCN1C(C)(C)C)C(C)(C)C. The summed E-state index contributed by atoms with van der Waals surface area (Å²) in [6, 6.07) is -1.24. The van der Waals surface area contributed by atoms with E-state index >= 15 is 0 Å². The molecule has 2 amide bonds. The van der Waals surface area contributed by atoms with E-state index in [2.05, 4.69) is 31.0 Å². The van der Waals surface area contributed by atoms with E-state index in [1.54, 1.807) is 31.9 Å². The molecule has 1 aliphatic heterocycles. The molecular weight excluding hydrogens is 430 g/mol. The van der Waals surface area contributed by atoms with Crippen LogP contribution in [0.15, 0.2) is 11.6 Å². The van der Waals surface area contributed by atoms with E-state index in [0.717, 1.165) is 25.8 Å². The lowest BCUT2D eigenvalue weighted by atomic mass is 9.84. The summed E-state index contributed by atoms with van der Waals surface area (Å²) in [5.41, 5.74) is -0.137. The van der Waals surface area contributed by atoms with Crippen molar-refractivity contribution in [2.75, 3.05) is 20.2 Å². The third kappa shape index (κ3) is 8.10. The van der Waals surface area contributed by atoms with Gasteiger partial charge in [0.15, 0.2) is 0 Å². The van der Waals surface area contributed by atoms with Crippen LogP contribution in [0.3, 0.4) is 0 Å². The first-order valence-electron chi connectivity index (χ1n) is 12.7. The molecule has 3 atom stereocenters. The Kier molecular flexibility index (Phi) is 10.8. The number of nitrogens with one attached hydrogen (secondary N) is 1. The van der Waals surface area contributed by atoms with Crippen LogP contribution in [-0.4, -0.2) is 71.4 Å². The lowest BCUT2D eigenvalue weighted by molar-refractivity contribution is -0.142. The highest BCUT2D eigenvalue weighted by atomic mass is 16.5. The maximum absolute atomic E-state index is 13.8. The van der Waals surface area contributed by atoms with Gasteiger partial charge in [0.05, 0.1) is 18.7 Å². The van der Waals surface area contributed by atoms with Gasteiger partial charge in [-0.25, -0.2) is 4.79 Å². The fourth-order valence-corrected chi connectivity index (χ4v) is 4.57. The van der Waals surface area contributed by atoms with Crippen molar-refractivity contribution in [1.29, 1.82) is 0 Å². The first kappa shape index (κ1) is 30.1. The van der Waals surface area contributed by atoms with Crippen molar-refractivity contribution in [3.05, 3.63) is 11.6 Å². The molecule has 34 heavy (non-hydrogen) atoms. The van der Waals surface area contributed by atoms with E-state index in [0.29, 0.717) is 12.2 Å². The van der Waals surface area contributed by atoms with Gasteiger partial charge in [-0.3, -0.25) is 14.5 Å². The van der Waals surface area contributed by atoms with Crippen molar-refractivity contribution in [3.8, 4) is 0 Å². The number of carbonyl (C=O) groups is 3. The molecule has 0 aromatic rings. The van der Waals surface area contributed by atoms with E-state index in [9.17, 15) is 14.4 Å². The Labute approximate surface area is 207 Å². The van der Waals surface area contributed by atoms with Gasteiger partial charge in [0.2, 0.25) is 11.8 Å². The molecule has 1 N–H and O–H groups in total. The van der Waals surface area contributed by atoms with Gasteiger partial charge in [0, 0.05) is 18.2 Å². The van der Waals surface area contributed by atoms with Crippen LogP contribution in [0.25, 0.3) is 0 Å². The Hall–Kier alpha value is -1.89. The van der Waals surface area contributed by atoms with E-state index in [-0.39, 0.29) is 41.3 Å². The summed E-state index contributed by atoms with van der Waals surface area (Å²) in [5.74, 6) is -0.556. The zero-order valence-electron chi connectivity index (χ0n) is 23.4.